The van der Waals surface area contributed by atoms with Gasteiger partial charge in [-0.05, 0) is 28.4 Å². The van der Waals surface area contributed by atoms with Crippen LogP contribution in [0.15, 0.2) is 16.9 Å². The van der Waals surface area contributed by atoms with Crippen LogP contribution < -0.4 is 5.73 Å². The summed E-state index contributed by atoms with van der Waals surface area (Å²) in [7, 11) is 1.96. The Bertz CT molecular complexity index is 431. The van der Waals surface area contributed by atoms with Gasteiger partial charge in [0, 0.05) is 29.3 Å². The molecule has 0 saturated carbocycles. The maximum Gasteiger partial charge on any atom is 0.147 e. The molecule has 0 aliphatic heterocycles. The summed E-state index contributed by atoms with van der Waals surface area (Å²) in [5.41, 5.74) is 7.91. The van der Waals surface area contributed by atoms with Gasteiger partial charge in [-0.2, -0.15) is 0 Å². The monoisotopic (exact) mass is 239 g/mol. The molecule has 2 N–H and O–H groups in total. The number of halogens is 1. The highest BCUT2D eigenvalue weighted by Gasteiger charge is 2.10. The summed E-state index contributed by atoms with van der Waals surface area (Å²) < 4.78 is 3.05. The van der Waals surface area contributed by atoms with E-state index in [0.717, 1.165) is 20.9 Å². The van der Waals surface area contributed by atoms with Crippen LogP contribution in [0.5, 0.6) is 0 Å². The second kappa shape index (κ2) is 2.73. The van der Waals surface area contributed by atoms with E-state index in [4.69, 9.17) is 5.73 Å². The number of fused-ring (bicyclic) bond motifs is 1. The van der Waals surface area contributed by atoms with Crippen LogP contribution in [0.4, 0.5) is 5.82 Å². The third-order valence-electron chi connectivity index (χ3n) is 2.17. The molecule has 68 valence electrons. The molecule has 0 fully saturated rings. The van der Waals surface area contributed by atoms with E-state index in [1.165, 1.54) is 0 Å². The number of nitrogen functional groups attached to an aromatic ring is 1. The summed E-state index contributed by atoms with van der Waals surface area (Å²) in [6.45, 7) is 2.03. The first-order valence-corrected chi connectivity index (χ1v) is 4.76. The standard InChI is InChI=1S/C9H10BrN3/c1-5-3-12-9(11)8-7(5)6(10)4-13(8)2/h3-4H,1-2H3,(H2,11,12). The smallest absolute Gasteiger partial charge is 0.147 e. The Labute approximate surface area is 84.7 Å². The van der Waals surface area contributed by atoms with E-state index in [9.17, 15) is 0 Å². The van der Waals surface area contributed by atoms with Gasteiger partial charge in [-0.25, -0.2) is 4.98 Å². The molecular weight excluding hydrogens is 230 g/mol. The van der Waals surface area contributed by atoms with Gasteiger partial charge < -0.3 is 10.3 Å². The molecule has 13 heavy (non-hydrogen) atoms. The first kappa shape index (κ1) is 8.56. The second-order valence-electron chi connectivity index (χ2n) is 3.14. The minimum atomic E-state index is 0.578. The van der Waals surface area contributed by atoms with Gasteiger partial charge in [0.25, 0.3) is 0 Å². The van der Waals surface area contributed by atoms with E-state index in [-0.39, 0.29) is 0 Å². The maximum atomic E-state index is 5.79. The zero-order valence-electron chi connectivity index (χ0n) is 7.50. The molecule has 0 amide bonds. The van der Waals surface area contributed by atoms with Crippen molar-refractivity contribution in [2.24, 2.45) is 7.05 Å². The highest BCUT2D eigenvalue weighted by atomic mass is 79.9. The van der Waals surface area contributed by atoms with Gasteiger partial charge >= 0.3 is 0 Å². The number of hydrogen-bond acceptors (Lipinski definition) is 2. The molecule has 0 unspecified atom stereocenters. The molecule has 0 atom stereocenters. The Hall–Kier alpha value is -1.03. The molecule has 3 nitrogen and oxygen atoms in total. The van der Waals surface area contributed by atoms with Crippen molar-refractivity contribution in [2.75, 3.05) is 5.73 Å². The predicted octanol–water partition coefficient (Wildman–Crippen LogP) is 2.23. The van der Waals surface area contributed by atoms with Gasteiger partial charge in [-0.3, -0.25) is 0 Å². The molecule has 2 heterocycles. The van der Waals surface area contributed by atoms with Gasteiger partial charge in [0.2, 0.25) is 0 Å². The SMILES string of the molecule is Cc1cnc(N)c2c1c(Br)cn2C. The number of anilines is 1. The summed E-state index contributed by atoms with van der Waals surface area (Å²) in [6.07, 6.45) is 3.79. The molecule has 4 heteroatoms. The maximum absolute atomic E-state index is 5.79. The Morgan fingerprint density at radius 2 is 2.23 bits per heavy atom. The molecule has 2 rings (SSSR count). The summed E-state index contributed by atoms with van der Waals surface area (Å²) in [4.78, 5) is 4.12. The van der Waals surface area contributed by atoms with Crippen molar-refractivity contribution in [2.45, 2.75) is 6.92 Å². The number of nitrogens with two attached hydrogens (primary N) is 1. The van der Waals surface area contributed by atoms with Crippen LogP contribution in [0.1, 0.15) is 5.56 Å². The fraction of sp³-hybridized carbons (Fsp3) is 0.222. The molecule has 2 aromatic heterocycles. The van der Waals surface area contributed by atoms with Gasteiger partial charge in [-0.1, -0.05) is 0 Å². The number of pyridine rings is 1. The molecule has 0 aromatic carbocycles. The predicted molar refractivity (Wildman–Crippen MR) is 57.6 cm³/mol. The number of aryl methyl sites for hydroxylation is 2. The Balaban J connectivity index is 3.03. The van der Waals surface area contributed by atoms with Crippen molar-refractivity contribution < 1.29 is 0 Å². The van der Waals surface area contributed by atoms with Crippen molar-refractivity contribution in [3.63, 3.8) is 0 Å². The first-order chi connectivity index (χ1) is 6.11. The fourth-order valence-corrected chi connectivity index (χ4v) is 2.37. The van der Waals surface area contributed by atoms with Crippen LogP contribution in [0.3, 0.4) is 0 Å². The summed E-state index contributed by atoms with van der Waals surface area (Å²) in [6, 6.07) is 0. The molecular formula is C9H10BrN3. The number of aromatic nitrogens is 2. The van der Waals surface area contributed by atoms with E-state index in [1.807, 2.05) is 24.7 Å². The van der Waals surface area contributed by atoms with Crippen molar-refractivity contribution >= 4 is 32.7 Å². The summed E-state index contributed by atoms with van der Waals surface area (Å²) in [5.74, 6) is 0.578. The van der Waals surface area contributed by atoms with E-state index in [0.29, 0.717) is 5.82 Å². The average molecular weight is 240 g/mol. The lowest BCUT2D eigenvalue weighted by molar-refractivity contribution is 0.964. The molecule has 0 aliphatic carbocycles. The lowest BCUT2D eigenvalue weighted by Crippen LogP contribution is -1.96. The van der Waals surface area contributed by atoms with Crippen LogP contribution in [0.2, 0.25) is 0 Å². The van der Waals surface area contributed by atoms with Gasteiger partial charge in [0.05, 0.1) is 5.52 Å². The summed E-state index contributed by atoms with van der Waals surface area (Å²) >= 11 is 3.50. The zero-order chi connectivity index (χ0) is 9.59. The zero-order valence-corrected chi connectivity index (χ0v) is 9.09. The third kappa shape index (κ3) is 1.13. The number of hydrogen-bond donors (Lipinski definition) is 1. The van der Waals surface area contributed by atoms with Crippen LogP contribution in [-0.4, -0.2) is 9.55 Å². The lowest BCUT2D eigenvalue weighted by Gasteiger charge is -2.01. The van der Waals surface area contributed by atoms with Crippen molar-refractivity contribution in [3.8, 4) is 0 Å². The molecule has 0 spiro atoms. The van der Waals surface area contributed by atoms with E-state index in [2.05, 4.69) is 20.9 Å². The molecule has 0 saturated heterocycles. The second-order valence-corrected chi connectivity index (χ2v) is 3.99. The van der Waals surface area contributed by atoms with Crippen molar-refractivity contribution in [1.82, 2.24) is 9.55 Å². The highest BCUT2D eigenvalue weighted by molar-refractivity contribution is 9.10. The normalized spacial score (nSPS) is 11.0. The van der Waals surface area contributed by atoms with Crippen molar-refractivity contribution in [3.05, 3.63) is 22.4 Å². The van der Waals surface area contributed by atoms with Crippen LogP contribution in [-0.2, 0) is 7.05 Å². The topological polar surface area (TPSA) is 43.8 Å². The Morgan fingerprint density at radius 3 is 2.85 bits per heavy atom. The average Bonchev–Trinajstić information content (AvgIpc) is 2.36. The molecule has 2 aromatic rings. The van der Waals surface area contributed by atoms with Crippen LogP contribution in [0.25, 0.3) is 10.9 Å². The highest BCUT2D eigenvalue weighted by Crippen LogP contribution is 2.30. The minimum absolute atomic E-state index is 0.578. The van der Waals surface area contributed by atoms with Gasteiger partial charge in [0.1, 0.15) is 5.82 Å². The Morgan fingerprint density at radius 1 is 1.54 bits per heavy atom. The quantitative estimate of drug-likeness (QED) is 0.767. The molecule has 0 aliphatic rings. The number of nitrogens with zero attached hydrogens (tertiary/aromatic N) is 2. The molecule has 0 bridgehead atoms. The van der Waals surface area contributed by atoms with Gasteiger partial charge in [-0.15, -0.1) is 0 Å². The first-order valence-electron chi connectivity index (χ1n) is 3.97. The van der Waals surface area contributed by atoms with Crippen molar-refractivity contribution in [1.29, 1.82) is 0 Å². The van der Waals surface area contributed by atoms with Crippen LogP contribution in [0, 0.1) is 6.92 Å². The van der Waals surface area contributed by atoms with E-state index < -0.39 is 0 Å². The third-order valence-corrected chi connectivity index (χ3v) is 2.77. The molecule has 0 radical (unpaired) electrons. The van der Waals surface area contributed by atoms with E-state index in [1.54, 1.807) is 6.20 Å². The Kier molecular flexibility index (Phi) is 1.80. The summed E-state index contributed by atoms with van der Waals surface area (Å²) in [5, 5.41) is 1.15. The number of rotatable bonds is 0. The largest absolute Gasteiger partial charge is 0.382 e. The lowest BCUT2D eigenvalue weighted by atomic mass is 10.2. The fourth-order valence-electron chi connectivity index (χ4n) is 1.56. The van der Waals surface area contributed by atoms with Gasteiger partial charge in [0.15, 0.2) is 0 Å². The van der Waals surface area contributed by atoms with Crippen LogP contribution >= 0.6 is 15.9 Å². The van der Waals surface area contributed by atoms with E-state index >= 15 is 0 Å². The minimum Gasteiger partial charge on any atom is -0.382 e.